The second kappa shape index (κ2) is 5.47. The topological polar surface area (TPSA) is 114 Å². The predicted molar refractivity (Wildman–Crippen MR) is 98.9 cm³/mol. The summed E-state index contributed by atoms with van der Waals surface area (Å²) in [7, 11) is 1.66. The quantitative estimate of drug-likeness (QED) is 0.707. The van der Waals surface area contributed by atoms with Crippen LogP contribution in [0.4, 0.5) is 5.82 Å². The lowest BCUT2D eigenvalue weighted by Crippen LogP contribution is -2.54. The first-order chi connectivity index (χ1) is 14.1. The number of anilines is 1. The minimum Gasteiger partial charge on any atom is -0.417 e. The Morgan fingerprint density at radius 3 is 2.72 bits per heavy atom. The molecule has 2 saturated carbocycles. The Morgan fingerprint density at radius 1 is 1.17 bits per heavy atom. The van der Waals surface area contributed by atoms with Crippen molar-refractivity contribution >= 4 is 17.6 Å². The van der Waals surface area contributed by atoms with Crippen LogP contribution in [0.2, 0.25) is 0 Å². The molecule has 0 spiro atoms. The van der Waals surface area contributed by atoms with Crippen LogP contribution < -0.4 is 10.2 Å². The van der Waals surface area contributed by atoms with E-state index >= 15 is 0 Å². The second-order valence-corrected chi connectivity index (χ2v) is 7.69. The molecule has 2 aromatic heterocycles. The van der Waals surface area contributed by atoms with E-state index in [9.17, 15) is 9.59 Å². The lowest BCUT2D eigenvalue weighted by Gasteiger charge is -2.25. The lowest BCUT2D eigenvalue weighted by atomic mass is 9.95. The number of rotatable bonds is 4. The van der Waals surface area contributed by atoms with Gasteiger partial charge in [0.2, 0.25) is 5.89 Å². The van der Waals surface area contributed by atoms with Crippen LogP contribution in [0.15, 0.2) is 47.1 Å². The number of fused-ring (bicyclic) bond motifs is 1. The Labute approximate surface area is 165 Å². The second-order valence-electron chi connectivity index (χ2n) is 7.69. The summed E-state index contributed by atoms with van der Waals surface area (Å²) >= 11 is 0. The standard InChI is InChI=1S/C20H16N6O3/c1-26-16-15(21-7-8-22-16)12-13-14(12)20(13,19(26)28)23-17(27)18-25-24-11(29-18)9-10-5-3-2-4-6-10/h2-8,12-14H,9H2,1H3,(H,23,27)/t12?,13-,14?,20?/m1/s1. The van der Waals surface area contributed by atoms with Gasteiger partial charge in [-0.15, -0.1) is 10.2 Å². The van der Waals surface area contributed by atoms with E-state index in [0.29, 0.717) is 18.1 Å². The summed E-state index contributed by atoms with van der Waals surface area (Å²) < 4.78 is 5.53. The monoisotopic (exact) mass is 388 g/mol. The normalized spacial score (nSPS) is 28.2. The molecule has 1 N–H and O–H groups in total. The molecule has 7 rings (SSSR count). The SMILES string of the molecule is CN1C(=O)C2(NC(=O)c3nnc(Cc4ccccc4)o3)C3C(c4nccnc41)[C@H]32. The molecule has 1 aromatic carbocycles. The van der Waals surface area contributed by atoms with Gasteiger partial charge in [-0.25, -0.2) is 4.98 Å². The van der Waals surface area contributed by atoms with Crippen LogP contribution in [0.3, 0.4) is 0 Å². The van der Waals surface area contributed by atoms with Gasteiger partial charge in [0.15, 0.2) is 5.82 Å². The molecule has 4 atom stereocenters. The van der Waals surface area contributed by atoms with Crippen LogP contribution in [0.5, 0.6) is 0 Å². The molecule has 2 amide bonds. The van der Waals surface area contributed by atoms with Crippen LogP contribution >= 0.6 is 0 Å². The van der Waals surface area contributed by atoms with Gasteiger partial charge in [-0.1, -0.05) is 30.3 Å². The maximum absolute atomic E-state index is 13.1. The van der Waals surface area contributed by atoms with Crippen molar-refractivity contribution in [2.24, 2.45) is 11.8 Å². The van der Waals surface area contributed by atoms with Crippen molar-refractivity contribution in [3.05, 3.63) is 65.8 Å². The minimum absolute atomic E-state index is 0.0473. The van der Waals surface area contributed by atoms with Crippen molar-refractivity contribution in [2.75, 3.05) is 11.9 Å². The van der Waals surface area contributed by atoms with Crippen molar-refractivity contribution in [3.63, 3.8) is 0 Å². The average Bonchev–Trinajstić information content (AvgIpc) is 3.60. The predicted octanol–water partition coefficient (Wildman–Crippen LogP) is 0.939. The van der Waals surface area contributed by atoms with E-state index in [0.717, 1.165) is 11.3 Å². The third-order valence-electron chi connectivity index (χ3n) is 6.14. The molecular formula is C20H16N6O3. The first-order valence-corrected chi connectivity index (χ1v) is 9.39. The molecule has 0 radical (unpaired) electrons. The molecule has 9 nitrogen and oxygen atoms in total. The molecule has 2 bridgehead atoms. The number of nitrogens with one attached hydrogen (secondary N) is 1. The number of hydrogen-bond acceptors (Lipinski definition) is 7. The van der Waals surface area contributed by atoms with Crippen LogP contribution in [-0.2, 0) is 11.2 Å². The largest absolute Gasteiger partial charge is 0.417 e. The van der Waals surface area contributed by atoms with Gasteiger partial charge in [-0.05, 0) is 5.56 Å². The van der Waals surface area contributed by atoms with E-state index in [1.165, 1.54) is 4.90 Å². The molecule has 0 saturated heterocycles. The summed E-state index contributed by atoms with van der Waals surface area (Å²) in [5.74, 6) is 0.314. The summed E-state index contributed by atoms with van der Waals surface area (Å²) in [5, 5.41) is 10.7. The van der Waals surface area contributed by atoms with Gasteiger partial charge >= 0.3 is 11.8 Å². The number of hydrogen-bond donors (Lipinski definition) is 1. The zero-order valence-electron chi connectivity index (χ0n) is 15.4. The molecule has 3 aromatic rings. The highest BCUT2D eigenvalue weighted by Gasteiger charge is 2.90. The molecular weight excluding hydrogens is 372 g/mol. The highest BCUT2D eigenvalue weighted by molar-refractivity contribution is 6.10. The summed E-state index contributed by atoms with van der Waals surface area (Å²) in [4.78, 5) is 36.0. The number of amides is 2. The van der Waals surface area contributed by atoms with Crippen LogP contribution in [0.1, 0.15) is 33.8 Å². The maximum Gasteiger partial charge on any atom is 0.309 e. The molecule has 4 heterocycles. The van der Waals surface area contributed by atoms with Crippen molar-refractivity contribution < 1.29 is 14.0 Å². The molecule has 29 heavy (non-hydrogen) atoms. The number of carbonyl (C=O) groups is 2. The van der Waals surface area contributed by atoms with Crippen molar-refractivity contribution in [1.29, 1.82) is 0 Å². The molecule has 2 aliphatic heterocycles. The Kier molecular flexibility index (Phi) is 3.08. The zero-order valence-corrected chi connectivity index (χ0v) is 15.4. The average molecular weight is 388 g/mol. The smallest absolute Gasteiger partial charge is 0.309 e. The molecule has 4 aliphatic rings. The summed E-state index contributed by atoms with van der Waals surface area (Å²) in [5.41, 5.74) is 0.905. The first kappa shape index (κ1) is 16.3. The van der Waals surface area contributed by atoms with Crippen molar-refractivity contribution in [2.45, 2.75) is 17.9 Å². The van der Waals surface area contributed by atoms with E-state index in [-0.39, 0.29) is 29.6 Å². The van der Waals surface area contributed by atoms with Gasteiger partial charge in [0.1, 0.15) is 5.54 Å². The van der Waals surface area contributed by atoms with E-state index in [4.69, 9.17) is 4.42 Å². The van der Waals surface area contributed by atoms with Crippen LogP contribution in [0, 0.1) is 11.8 Å². The van der Waals surface area contributed by atoms with Gasteiger partial charge in [0, 0.05) is 37.2 Å². The summed E-state index contributed by atoms with van der Waals surface area (Å²) in [6, 6.07) is 9.66. The van der Waals surface area contributed by atoms with Gasteiger partial charge in [0.05, 0.1) is 12.1 Å². The fourth-order valence-corrected chi connectivity index (χ4v) is 4.68. The fourth-order valence-electron chi connectivity index (χ4n) is 4.68. The van der Waals surface area contributed by atoms with E-state index in [1.54, 1.807) is 19.4 Å². The molecule has 3 unspecified atom stereocenters. The van der Waals surface area contributed by atoms with Crippen LogP contribution in [0.25, 0.3) is 0 Å². The Hall–Kier alpha value is -3.62. The number of nitrogens with zero attached hydrogens (tertiary/aromatic N) is 5. The fraction of sp³-hybridized carbons (Fsp3) is 0.300. The minimum atomic E-state index is -0.924. The Balaban J connectivity index is 1.22. The van der Waals surface area contributed by atoms with Gasteiger partial charge in [-0.3, -0.25) is 19.5 Å². The van der Waals surface area contributed by atoms with Crippen molar-refractivity contribution in [1.82, 2.24) is 25.5 Å². The van der Waals surface area contributed by atoms with E-state index in [2.05, 4.69) is 25.5 Å². The van der Waals surface area contributed by atoms with Crippen molar-refractivity contribution in [3.8, 4) is 0 Å². The highest BCUT2D eigenvalue weighted by atomic mass is 16.4. The number of likely N-dealkylation sites (N-methyl/N-ethyl adjacent to an activating group) is 1. The Bertz CT molecular complexity index is 1150. The number of benzene rings is 1. The maximum atomic E-state index is 13.1. The molecule has 144 valence electrons. The zero-order chi connectivity index (χ0) is 19.8. The highest BCUT2D eigenvalue weighted by Crippen LogP contribution is 2.81. The number of carbonyl (C=O) groups excluding carboxylic acids is 2. The number of aromatic nitrogens is 4. The summed E-state index contributed by atoms with van der Waals surface area (Å²) in [6.45, 7) is 0. The van der Waals surface area contributed by atoms with Gasteiger partial charge in [-0.2, -0.15) is 0 Å². The van der Waals surface area contributed by atoms with Gasteiger partial charge < -0.3 is 9.73 Å². The summed E-state index contributed by atoms with van der Waals surface area (Å²) in [6.07, 6.45) is 3.64. The lowest BCUT2D eigenvalue weighted by molar-refractivity contribution is -0.122. The van der Waals surface area contributed by atoms with Gasteiger partial charge in [0.25, 0.3) is 5.91 Å². The third-order valence-corrected chi connectivity index (χ3v) is 6.14. The molecule has 9 heteroatoms. The van der Waals surface area contributed by atoms with Crippen LogP contribution in [-0.4, -0.2) is 44.6 Å². The Morgan fingerprint density at radius 2 is 1.93 bits per heavy atom. The third kappa shape index (κ3) is 2.15. The molecule has 2 fully saturated rings. The molecule has 2 aliphatic carbocycles. The van der Waals surface area contributed by atoms with E-state index < -0.39 is 11.4 Å². The van der Waals surface area contributed by atoms with E-state index in [1.807, 2.05) is 30.3 Å². The first-order valence-electron chi connectivity index (χ1n) is 9.39.